The number of rotatable bonds is 4. The maximum absolute atomic E-state index is 12.3. The van der Waals surface area contributed by atoms with E-state index in [4.69, 9.17) is 0 Å². The van der Waals surface area contributed by atoms with Crippen LogP contribution in [-0.2, 0) is 0 Å². The highest BCUT2D eigenvalue weighted by atomic mass is 16.3. The maximum atomic E-state index is 12.3. The normalized spacial score (nSPS) is 12.2. The summed E-state index contributed by atoms with van der Waals surface area (Å²) in [7, 11) is 0. The number of carbonyl (C=O) groups excluding carboxylic acids is 1. The zero-order valence-electron chi connectivity index (χ0n) is 11.0. The largest absolute Gasteiger partial charge is 0.508 e. The minimum absolute atomic E-state index is 0.0324. The summed E-state index contributed by atoms with van der Waals surface area (Å²) in [6, 6.07) is 5.23. The second-order valence-corrected chi connectivity index (χ2v) is 4.35. The summed E-state index contributed by atoms with van der Waals surface area (Å²) in [5.41, 5.74) is 1.37. The number of carbonyl (C=O) groups is 1. The van der Waals surface area contributed by atoms with E-state index < -0.39 is 0 Å². The molecule has 0 spiro atoms. The summed E-state index contributed by atoms with van der Waals surface area (Å²) in [6.07, 6.45) is 0.941. The fourth-order valence-corrected chi connectivity index (χ4v) is 1.83. The molecule has 17 heavy (non-hydrogen) atoms. The fraction of sp³-hybridized carbons (Fsp3) is 0.500. The van der Waals surface area contributed by atoms with Crippen molar-refractivity contribution in [3.05, 3.63) is 29.3 Å². The van der Waals surface area contributed by atoms with Crippen LogP contribution in [0.2, 0.25) is 0 Å². The van der Waals surface area contributed by atoms with Crippen molar-refractivity contribution in [1.29, 1.82) is 0 Å². The number of benzene rings is 1. The van der Waals surface area contributed by atoms with Crippen molar-refractivity contribution in [2.45, 2.75) is 40.2 Å². The van der Waals surface area contributed by atoms with Crippen molar-refractivity contribution in [2.24, 2.45) is 0 Å². The Labute approximate surface area is 103 Å². The molecule has 1 unspecified atom stereocenters. The number of phenolic OH excluding ortho intramolecular Hbond substituents is 1. The molecule has 94 valence electrons. The Hall–Kier alpha value is -1.51. The molecule has 3 nitrogen and oxygen atoms in total. The molecule has 1 aromatic carbocycles. The molecule has 1 aromatic rings. The number of phenols is 1. The lowest BCUT2D eigenvalue weighted by Gasteiger charge is -2.27. The van der Waals surface area contributed by atoms with E-state index >= 15 is 0 Å². The van der Waals surface area contributed by atoms with E-state index in [1.807, 2.05) is 11.8 Å². The highest BCUT2D eigenvalue weighted by Gasteiger charge is 2.18. The first-order valence-corrected chi connectivity index (χ1v) is 6.11. The summed E-state index contributed by atoms with van der Waals surface area (Å²) in [5.74, 6) is 0.262. The molecule has 0 aromatic heterocycles. The predicted octanol–water partition coefficient (Wildman–Crippen LogP) is 2.96. The summed E-state index contributed by atoms with van der Waals surface area (Å²) >= 11 is 0. The third-order valence-corrected chi connectivity index (χ3v) is 3.17. The van der Waals surface area contributed by atoms with Crippen LogP contribution in [0, 0.1) is 6.92 Å². The lowest BCUT2D eigenvalue weighted by Crippen LogP contribution is -2.38. The summed E-state index contributed by atoms with van der Waals surface area (Å²) < 4.78 is 0. The molecule has 3 heteroatoms. The lowest BCUT2D eigenvalue weighted by molar-refractivity contribution is 0.0700. The van der Waals surface area contributed by atoms with E-state index in [0.29, 0.717) is 12.1 Å². The second kappa shape index (κ2) is 5.71. The molecule has 1 N–H and O–H groups in total. The SMILES string of the molecule is CCC(C)N(CC)C(=O)c1ccc(O)c(C)c1. The summed E-state index contributed by atoms with van der Waals surface area (Å²) in [5, 5.41) is 9.45. The molecule has 0 aliphatic heterocycles. The molecule has 1 amide bonds. The lowest BCUT2D eigenvalue weighted by atomic mass is 10.1. The third kappa shape index (κ3) is 2.99. The highest BCUT2D eigenvalue weighted by molar-refractivity contribution is 5.94. The summed E-state index contributed by atoms with van der Waals surface area (Å²) in [6.45, 7) is 8.61. The second-order valence-electron chi connectivity index (χ2n) is 4.35. The average Bonchev–Trinajstić information content (AvgIpc) is 2.33. The van der Waals surface area contributed by atoms with Gasteiger partial charge < -0.3 is 10.0 Å². The van der Waals surface area contributed by atoms with Gasteiger partial charge in [-0.25, -0.2) is 0 Å². The summed E-state index contributed by atoms with van der Waals surface area (Å²) in [4.78, 5) is 14.1. The Kier molecular flexibility index (Phi) is 4.55. The van der Waals surface area contributed by atoms with Gasteiger partial charge in [-0.05, 0) is 51.0 Å². The van der Waals surface area contributed by atoms with Gasteiger partial charge >= 0.3 is 0 Å². The predicted molar refractivity (Wildman–Crippen MR) is 69.3 cm³/mol. The first kappa shape index (κ1) is 13.6. The van der Waals surface area contributed by atoms with Crippen molar-refractivity contribution in [3.63, 3.8) is 0 Å². The van der Waals surface area contributed by atoms with Crippen LogP contribution in [0.4, 0.5) is 0 Å². The van der Waals surface area contributed by atoms with Crippen LogP contribution in [0.5, 0.6) is 5.75 Å². The third-order valence-electron chi connectivity index (χ3n) is 3.17. The molecule has 0 heterocycles. The first-order valence-electron chi connectivity index (χ1n) is 6.11. The zero-order chi connectivity index (χ0) is 13.0. The number of hydrogen-bond acceptors (Lipinski definition) is 2. The molecule has 0 saturated carbocycles. The van der Waals surface area contributed by atoms with Gasteiger partial charge in [0.25, 0.3) is 5.91 Å². The van der Waals surface area contributed by atoms with Crippen molar-refractivity contribution in [1.82, 2.24) is 4.90 Å². The van der Waals surface area contributed by atoms with Crippen LogP contribution < -0.4 is 0 Å². The topological polar surface area (TPSA) is 40.5 Å². The highest BCUT2D eigenvalue weighted by Crippen LogP contribution is 2.19. The minimum atomic E-state index is 0.0324. The standard InChI is InChI=1S/C14H21NO2/c1-5-11(4)15(6-2)14(17)12-7-8-13(16)10(3)9-12/h7-9,11,16H,5-6H2,1-4H3. The van der Waals surface area contributed by atoms with Gasteiger partial charge in [0.15, 0.2) is 0 Å². The van der Waals surface area contributed by atoms with Gasteiger partial charge in [0, 0.05) is 18.2 Å². The number of aromatic hydroxyl groups is 1. The number of aryl methyl sites for hydroxylation is 1. The Morgan fingerprint density at radius 1 is 1.41 bits per heavy atom. The van der Waals surface area contributed by atoms with Gasteiger partial charge in [-0.3, -0.25) is 4.79 Å². The molecule has 0 aliphatic carbocycles. The number of hydrogen-bond donors (Lipinski definition) is 1. The smallest absolute Gasteiger partial charge is 0.254 e. The number of amides is 1. The van der Waals surface area contributed by atoms with E-state index in [0.717, 1.165) is 12.0 Å². The average molecular weight is 235 g/mol. The van der Waals surface area contributed by atoms with Gasteiger partial charge in [0.2, 0.25) is 0 Å². The molecular formula is C14H21NO2. The maximum Gasteiger partial charge on any atom is 0.254 e. The molecule has 1 rings (SSSR count). The van der Waals surface area contributed by atoms with Crippen molar-refractivity contribution in [2.75, 3.05) is 6.54 Å². The zero-order valence-corrected chi connectivity index (χ0v) is 11.0. The fourth-order valence-electron chi connectivity index (χ4n) is 1.83. The quantitative estimate of drug-likeness (QED) is 0.871. The monoisotopic (exact) mass is 235 g/mol. The van der Waals surface area contributed by atoms with Crippen LogP contribution in [-0.4, -0.2) is 28.5 Å². The first-order chi connectivity index (χ1) is 8.01. The Morgan fingerprint density at radius 3 is 2.53 bits per heavy atom. The van der Waals surface area contributed by atoms with E-state index in [9.17, 15) is 9.90 Å². The van der Waals surface area contributed by atoms with Gasteiger partial charge in [0.1, 0.15) is 5.75 Å². The Morgan fingerprint density at radius 2 is 2.06 bits per heavy atom. The van der Waals surface area contributed by atoms with Crippen LogP contribution in [0.3, 0.4) is 0 Å². The van der Waals surface area contributed by atoms with Crippen molar-refractivity contribution in [3.8, 4) is 5.75 Å². The van der Waals surface area contributed by atoms with Gasteiger partial charge in [-0.1, -0.05) is 6.92 Å². The van der Waals surface area contributed by atoms with Gasteiger partial charge in [-0.2, -0.15) is 0 Å². The number of nitrogens with zero attached hydrogens (tertiary/aromatic N) is 1. The molecule has 0 aliphatic rings. The van der Waals surface area contributed by atoms with Crippen LogP contribution in [0.1, 0.15) is 43.1 Å². The molecule has 0 bridgehead atoms. The molecule has 0 radical (unpaired) electrons. The van der Waals surface area contributed by atoms with Gasteiger partial charge in [-0.15, -0.1) is 0 Å². The molecule has 0 saturated heterocycles. The van der Waals surface area contributed by atoms with E-state index in [1.165, 1.54) is 0 Å². The van der Waals surface area contributed by atoms with Gasteiger partial charge in [0.05, 0.1) is 0 Å². The minimum Gasteiger partial charge on any atom is -0.508 e. The molecule has 1 atom stereocenters. The Balaban J connectivity index is 2.98. The van der Waals surface area contributed by atoms with E-state index in [1.54, 1.807) is 25.1 Å². The van der Waals surface area contributed by atoms with E-state index in [-0.39, 0.29) is 17.7 Å². The van der Waals surface area contributed by atoms with Crippen LogP contribution in [0.15, 0.2) is 18.2 Å². The molecular weight excluding hydrogens is 214 g/mol. The molecule has 0 fully saturated rings. The van der Waals surface area contributed by atoms with E-state index in [2.05, 4.69) is 13.8 Å². The van der Waals surface area contributed by atoms with Crippen LogP contribution in [0.25, 0.3) is 0 Å². The Bertz CT molecular complexity index is 401. The van der Waals surface area contributed by atoms with Crippen molar-refractivity contribution >= 4 is 5.91 Å². The van der Waals surface area contributed by atoms with Crippen molar-refractivity contribution < 1.29 is 9.90 Å². The van der Waals surface area contributed by atoms with Crippen LogP contribution >= 0.6 is 0 Å².